The van der Waals surface area contributed by atoms with E-state index in [0.717, 1.165) is 17.7 Å². The predicted molar refractivity (Wildman–Crippen MR) is 112 cm³/mol. The van der Waals surface area contributed by atoms with Gasteiger partial charge in [-0.1, -0.05) is 42.5 Å². The van der Waals surface area contributed by atoms with Crippen LogP contribution in [-0.4, -0.2) is 19.5 Å². The van der Waals surface area contributed by atoms with Crippen LogP contribution in [0.5, 0.6) is 0 Å². The van der Waals surface area contributed by atoms with E-state index in [4.69, 9.17) is 0 Å². The van der Waals surface area contributed by atoms with Crippen molar-refractivity contribution in [3.8, 4) is 22.6 Å². The van der Waals surface area contributed by atoms with Crippen LogP contribution in [0.4, 0.5) is 19.1 Å². The molecule has 5 nitrogen and oxygen atoms in total. The molecule has 0 saturated carbocycles. The first-order chi connectivity index (χ1) is 14.8. The Labute approximate surface area is 177 Å². The first-order valence-electron chi connectivity index (χ1n) is 9.60. The van der Waals surface area contributed by atoms with E-state index in [-0.39, 0.29) is 6.04 Å². The molecule has 2 aromatic carbocycles. The summed E-state index contributed by atoms with van der Waals surface area (Å²) in [5.41, 5.74) is 2.14. The molecule has 0 spiro atoms. The Hall–Kier alpha value is -3.68. The van der Waals surface area contributed by atoms with Crippen LogP contribution in [0, 0.1) is 6.33 Å². The zero-order valence-electron chi connectivity index (χ0n) is 16.9. The lowest BCUT2D eigenvalue weighted by atomic mass is 10.0. The zero-order chi connectivity index (χ0) is 22.0. The lowest BCUT2D eigenvalue weighted by Gasteiger charge is -2.15. The average molecular weight is 422 g/mol. The topological polar surface area (TPSA) is 55.6 Å². The first kappa shape index (κ1) is 20.6. The van der Waals surface area contributed by atoms with Gasteiger partial charge in [-0.25, -0.2) is 15.0 Å². The third-order valence-corrected chi connectivity index (χ3v) is 4.88. The molecule has 0 amide bonds. The Morgan fingerprint density at radius 2 is 1.81 bits per heavy atom. The monoisotopic (exact) mass is 422 g/mol. The summed E-state index contributed by atoms with van der Waals surface area (Å²) in [6.07, 6.45) is -0.0507. The molecule has 2 heterocycles. The van der Waals surface area contributed by atoms with Gasteiger partial charge in [0.25, 0.3) is 0 Å². The van der Waals surface area contributed by atoms with E-state index >= 15 is 0 Å². The second-order valence-electron chi connectivity index (χ2n) is 7.09. The molecule has 0 bridgehead atoms. The van der Waals surface area contributed by atoms with Gasteiger partial charge in [-0.3, -0.25) is 0 Å². The number of aromatic nitrogens is 4. The maximum atomic E-state index is 13.2. The second-order valence-corrected chi connectivity index (χ2v) is 7.09. The highest BCUT2D eigenvalue weighted by Gasteiger charge is 2.31. The molecule has 0 fully saturated rings. The number of hydrogen-bond donors (Lipinski definition) is 1. The smallest absolute Gasteiger partial charge is 0.348 e. The van der Waals surface area contributed by atoms with Crippen molar-refractivity contribution >= 4 is 5.95 Å². The number of alkyl halides is 3. The number of aryl methyl sites for hydroxylation is 1. The molecule has 0 aliphatic carbocycles. The zero-order valence-corrected chi connectivity index (χ0v) is 16.9. The minimum Gasteiger partial charge on any atom is -0.348 e. The Morgan fingerprint density at radius 1 is 1.03 bits per heavy atom. The number of imidazole rings is 1. The van der Waals surface area contributed by atoms with Gasteiger partial charge < -0.3 is 9.88 Å². The summed E-state index contributed by atoms with van der Waals surface area (Å²) >= 11 is 0. The summed E-state index contributed by atoms with van der Waals surface area (Å²) in [6.45, 7) is 2.00. The fourth-order valence-electron chi connectivity index (χ4n) is 3.30. The lowest BCUT2D eigenvalue weighted by molar-refractivity contribution is -0.137. The van der Waals surface area contributed by atoms with Crippen molar-refractivity contribution in [2.45, 2.75) is 19.1 Å². The number of benzene rings is 2. The van der Waals surface area contributed by atoms with Crippen LogP contribution in [-0.2, 0) is 13.2 Å². The predicted octanol–water partition coefficient (Wildman–Crippen LogP) is 5.54. The molecular weight excluding hydrogens is 403 g/mol. The SMILES string of the molecule is CC(Nc1nccc(-c2c(-c3cccc(C(F)(F)F)c3)n[c]n2C)n1)c1ccccc1. The van der Waals surface area contributed by atoms with Crippen LogP contribution < -0.4 is 5.32 Å². The summed E-state index contributed by atoms with van der Waals surface area (Å²) < 4.78 is 41.1. The van der Waals surface area contributed by atoms with Crippen LogP contribution in [0.1, 0.15) is 24.1 Å². The van der Waals surface area contributed by atoms with Gasteiger partial charge in [-0.2, -0.15) is 13.2 Å². The standard InChI is InChI=1S/C23H19F3N5/c1-15(16-7-4-3-5-8-16)29-22-27-12-11-19(30-22)21-20(28-14-31(21)2)17-9-6-10-18(13-17)23(24,25)26/h3-13,15H,1-2H3,(H,27,29,30). The molecule has 1 unspecified atom stereocenters. The Morgan fingerprint density at radius 3 is 2.55 bits per heavy atom. The van der Waals surface area contributed by atoms with Gasteiger partial charge in [0.1, 0.15) is 0 Å². The molecule has 1 atom stereocenters. The fourth-order valence-corrected chi connectivity index (χ4v) is 3.30. The van der Waals surface area contributed by atoms with Crippen LogP contribution in [0.25, 0.3) is 22.6 Å². The molecule has 8 heteroatoms. The van der Waals surface area contributed by atoms with Crippen molar-refractivity contribution in [3.05, 3.63) is 84.3 Å². The highest BCUT2D eigenvalue weighted by atomic mass is 19.4. The second kappa shape index (κ2) is 8.22. The van der Waals surface area contributed by atoms with E-state index in [1.165, 1.54) is 6.07 Å². The quantitative estimate of drug-likeness (QED) is 0.459. The van der Waals surface area contributed by atoms with E-state index in [1.54, 1.807) is 29.9 Å². The van der Waals surface area contributed by atoms with Crippen LogP contribution in [0.2, 0.25) is 0 Å². The number of nitrogens with zero attached hydrogens (tertiary/aromatic N) is 4. The Bertz CT molecular complexity index is 1190. The van der Waals surface area contributed by atoms with E-state index in [2.05, 4.69) is 26.6 Å². The minimum atomic E-state index is -4.44. The Kier molecular flexibility index (Phi) is 5.46. The number of hydrogen-bond acceptors (Lipinski definition) is 4. The van der Waals surface area contributed by atoms with Crippen LogP contribution in [0.3, 0.4) is 0 Å². The molecule has 157 valence electrons. The third kappa shape index (κ3) is 4.42. The van der Waals surface area contributed by atoms with Crippen molar-refractivity contribution in [2.75, 3.05) is 5.32 Å². The number of halogens is 3. The van der Waals surface area contributed by atoms with Crippen molar-refractivity contribution in [3.63, 3.8) is 0 Å². The summed E-state index contributed by atoms with van der Waals surface area (Å²) in [5.74, 6) is 0.407. The summed E-state index contributed by atoms with van der Waals surface area (Å²) in [6, 6.07) is 16.6. The molecule has 2 aromatic heterocycles. The van der Waals surface area contributed by atoms with E-state index in [1.807, 2.05) is 37.3 Å². The van der Waals surface area contributed by atoms with E-state index in [0.29, 0.717) is 28.6 Å². The number of anilines is 1. The van der Waals surface area contributed by atoms with Gasteiger partial charge in [0, 0.05) is 18.8 Å². The van der Waals surface area contributed by atoms with Crippen molar-refractivity contribution in [1.82, 2.24) is 19.5 Å². The molecular formula is C23H19F3N5. The summed E-state index contributed by atoms with van der Waals surface area (Å²) in [4.78, 5) is 13.1. The molecule has 0 aliphatic heterocycles. The molecule has 0 saturated heterocycles. The van der Waals surface area contributed by atoms with Gasteiger partial charge in [-0.05, 0) is 30.7 Å². The number of nitrogens with one attached hydrogen (secondary N) is 1. The third-order valence-electron chi connectivity index (χ3n) is 4.88. The van der Waals surface area contributed by atoms with E-state index < -0.39 is 11.7 Å². The highest BCUT2D eigenvalue weighted by Crippen LogP contribution is 2.35. The van der Waals surface area contributed by atoms with Crippen molar-refractivity contribution in [2.24, 2.45) is 7.05 Å². The molecule has 0 aliphatic rings. The van der Waals surface area contributed by atoms with Crippen molar-refractivity contribution in [1.29, 1.82) is 0 Å². The maximum Gasteiger partial charge on any atom is 0.416 e. The minimum absolute atomic E-state index is 0.0301. The average Bonchev–Trinajstić information content (AvgIpc) is 3.15. The molecule has 1 radical (unpaired) electrons. The van der Waals surface area contributed by atoms with Crippen LogP contribution >= 0.6 is 0 Å². The molecule has 31 heavy (non-hydrogen) atoms. The van der Waals surface area contributed by atoms with Gasteiger partial charge in [0.15, 0.2) is 6.33 Å². The van der Waals surface area contributed by atoms with Crippen LogP contribution in [0.15, 0.2) is 66.9 Å². The van der Waals surface area contributed by atoms with Gasteiger partial charge in [0.05, 0.1) is 28.7 Å². The van der Waals surface area contributed by atoms with Gasteiger partial charge >= 0.3 is 6.18 Å². The lowest BCUT2D eigenvalue weighted by Crippen LogP contribution is -2.10. The number of rotatable bonds is 5. The van der Waals surface area contributed by atoms with Gasteiger partial charge in [0.2, 0.25) is 5.95 Å². The largest absolute Gasteiger partial charge is 0.416 e. The Balaban J connectivity index is 1.69. The van der Waals surface area contributed by atoms with Gasteiger partial charge in [-0.15, -0.1) is 0 Å². The summed E-state index contributed by atoms with van der Waals surface area (Å²) in [7, 11) is 1.72. The van der Waals surface area contributed by atoms with Crippen molar-refractivity contribution < 1.29 is 13.2 Å². The van der Waals surface area contributed by atoms with E-state index in [9.17, 15) is 13.2 Å². The first-order valence-corrected chi connectivity index (χ1v) is 9.60. The normalized spacial score (nSPS) is 12.5. The maximum absolute atomic E-state index is 13.2. The fraction of sp³-hybridized carbons (Fsp3) is 0.174. The molecule has 4 aromatic rings. The molecule has 1 N–H and O–H groups in total. The molecule has 4 rings (SSSR count). The highest BCUT2D eigenvalue weighted by molar-refractivity contribution is 5.77. The summed E-state index contributed by atoms with van der Waals surface area (Å²) in [5, 5.41) is 3.26.